The van der Waals surface area contributed by atoms with Crippen LogP contribution in [-0.2, 0) is 0 Å². The summed E-state index contributed by atoms with van der Waals surface area (Å²) in [5, 5.41) is 0.785. The lowest BCUT2D eigenvalue weighted by Gasteiger charge is -2.31. The van der Waals surface area contributed by atoms with E-state index in [2.05, 4.69) is 30.9 Å². The van der Waals surface area contributed by atoms with Crippen LogP contribution >= 0.6 is 11.6 Å². The Morgan fingerprint density at radius 3 is 2.00 bits per heavy atom. The first kappa shape index (κ1) is 16.5. The number of rotatable bonds is 9. The second kappa shape index (κ2) is 9.35. The van der Waals surface area contributed by atoms with Crippen LogP contribution < -0.4 is 5.73 Å². The molecule has 19 heavy (non-hydrogen) atoms. The highest BCUT2D eigenvalue weighted by atomic mass is 35.5. The molecule has 0 saturated heterocycles. The van der Waals surface area contributed by atoms with Crippen molar-refractivity contribution in [1.29, 1.82) is 0 Å². The maximum absolute atomic E-state index is 6.01. The van der Waals surface area contributed by atoms with Crippen LogP contribution in [0.25, 0.3) is 0 Å². The van der Waals surface area contributed by atoms with Gasteiger partial charge in [-0.05, 0) is 43.6 Å². The van der Waals surface area contributed by atoms with Crippen LogP contribution in [-0.4, -0.2) is 24.5 Å². The molecule has 0 fully saturated rings. The predicted molar refractivity (Wildman–Crippen MR) is 84.6 cm³/mol. The van der Waals surface area contributed by atoms with Crippen molar-refractivity contribution < 1.29 is 0 Å². The van der Waals surface area contributed by atoms with Gasteiger partial charge >= 0.3 is 0 Å². The lowest BCUT2D eigenvalue weighted by Crippen LogP contribution is -2.35. The standard InChI is InChI=1S/C16H27ClN2/c1-3-5-11-19(12-6-4-2)16(13-18)14-7-9-15(17)10-8-14/h7-10,16H,3-6,11-13,18H2,1-2H3. The summed E-state index contributed by atoms with van der Waals surface area (Å²) in [5.74, 6) is 0. The van der Waals surface area contributed by atoms with E-state index in [1.807, 2.05) is 12.1 Å². The molecule has 1 unspecified atom stereocenters. The normalized spacial score (nSPS) is 12.9. The zero-order valence-electron chi connectivity index (χ0n) is 12.2. The van der Waals surface area contributed by atoms with E-state index < -0.39 is 0 Å². The van der Waals surface area contributed by atoms with Crippen LogP contribution in [0.5, 0.6) is 0 Å². The molecule has 0 aliphatic carbocycles. The summed E-state index contributed by atoms with van der Waals surface area (Å²) in [6, 6.07) is 8.43. The molecule has 3 heteroatoms. The number of benzene rings is 1. The van der Waals surface area contributed by atoms with Crippen molar-refractivity contribution in [2.45, 2.75) is 45.6 Å². The van der Waals surface area contributed by atoms with Gasteiger partial charge in [-0.3, -0.25) is 4.90 Å². The van der Waals surface area contributed by atoms with Crippen molar-refractivity contribution in [3.05, 3.63) is 34.9 Å². The van der Waals surface area contributed by atoms with E-state index in [0.717, 1.165) is 18.1 Å². The van der Waals surface area contributed by atoms with Crippen molar-refractivity contribution in [3.63, 3.8) is 0 Å². The molecule has 0 aromatic heterocycles. The number of nitrogens with zero attached hydrogens (tertiary/aromatic N) is 1. The van der Waals surface area contributed by atoms with Gasteiger partial charge in [0.1, 0.15) is 0 Å². The average molecular weight is 283 g/mol. The van der Waals surface area contributed by atoms with E-state index in [4.69, 9.17) is 17.3 Å². The van der Waals surface area contributed by atoms with Crippen molar-refractivity contribution in [1.82, 2.24) is 4.90 Å². The van der Waals surface area contributed by atoms with E-state index in [1.165, 1.54) is 31.2 Å². The average Bonchev–Trinajstić information content (AvgIpc) is 2.43. The molecule has 0 heterocycles. The SMILES string of the molecule is CCCCN(CCCC)C(CN)c1ccc(Cl)cc1. The fraction of sp³-hybridized carbons (Fsp3) is 0.625. The highest BCUT2D eigenvalue weighted by Gasteiger charge is 2.17. The molecule has 1 aromatic carbocycles. The molecule has 0 saturated carbocycles. The summed E-state index contributed by atoms with van der Waals surface area (Å²) in [5.41, 5.74) is 7.29. The van der Waals surface area contributed by atoms with Crippen molar-refractivity contribution in [3.8, 4) is 0 Å². The smallest absolute Gasteiger partial charge is 0.0470 e. The number of unbranched alkanes of at least 4 members (excludes halogenated alkanes) is 2. The second-order valence-corrected chi connectivity index (χ2v) is 5.48. The van der Waals surface area contributed by atoms with Gasteiger partial charge in [0, 0.05) is 17.6 Å². The molecule has 0 aliphatic rings. The Labute approximate surface area is 122 Å². The van der Waals surface area contributed by atoms with Gasteiger partial charge < -0.3 is 5.73 Å². The minimum Gasteiger partial charge on any atom is -0.329 e. The molecule has 2 nitrogen and oxygen atoms in total. The number of hydrogen-bond acceptors (Lipinski definition) is 2. The molecule has 0 spiro atoms. The third-order valence-electron chi connectivity index (χ3n) is 3.52. The summed E-state index contributed by atoms with van der Waals surface area (Å²) >= 11 is 5.96. The van der Waals surface area contributed by atoms with E-state index in [0.29, 0.717) is 12.6 Å². The van der Waals surface area contributed by atoms with Gasteiger partial charge in [0.25, 0.3) is 0 Å². The first-order chi connectivity index (χ1) is 9.22. The summed E-state index contributed by atoms with van der Waals surface area (Å²) in [6.07, 6.45) is 4.91. The van der Waals surface area contributed by atoms with Crippen molar-refractivity contribution >= 4 is 11.6 Å². The van der Waals surface area contributed by atoms with Crippen molar-refractivity contribution in [2.75, 3.05) is 19.6 Å². The monoisotopic (exact) mass is 282 g/mol. The minimum absolute atomic E-state index is 0.315. The lowest BCUT2D eigenvalue weighted by atomic mass is 10.0. The van der Waals surface area contributed by atoms with Crippen LogP contribution in [0.1, 0.15) is 51.1 Å². The third-order valence-corrected chi connectivity index (χ3v) is 3.77. The van der Waals surface area contributed by atoms with E-state index >= 15 is 0 Å². The topological polar surface area (TPSA) is 29.3 Å². The molecule has 0 radical (unpaired) electrons. The number of hydrogen-bond donors (Lipinski definition) is 1. The second-order valence-electron chi connectivity index (χ2n) is 5.05. The van der Waals surface area contributed by atoms with Crippen LogP contribution in [0.4, 0.5) is 0 Å². The Morgan fingerprint density at radius 1 is 1.05 bits per heavy atom. The van der Waals surface area contributed by atoms with Crippen molar-refractivity contribution in [2.24, 2.45) is 5.73 Å². The quantitative estimate of drug-likeness (QED) is 0.734. The van der Waals surface area contributed by atoms with Crippen LogP contribution in [0.2, 0.25) is 5.02 Å². The van der Waals surface area contributed by atoms with Crippen LogP contribution in [0, 0.1) is 0 Å². The fourth-order valence-corrected chi connectivity index (χ4v) is 2.45. The minimum atomic E-state index is 0.315. The Bertz CT molecular complexity index is 329. The summed E-state index contributed by atoms with van der Waals surface area (Å²) < 4.78 is 0. The molecular formula is C16H27ClN2. The van der Waals surface area contributed by atoms with E-state index in [9.17, 15) is 0 Å². The van der Waals surface area contributed by atoms with E-state index in [1.54, 1.807) is 0 Å². The van der Waals surface area contributed by atoms with Gasteiger partial charge in [0.2, 0.25) is 0 Å². The van der Waals surface area contributed by atoms with Gasteiger partial charge in [-0.1, -0.05) is 50.4 Å². The summed E-state index contributed by atoms with van der Waals surface area (Å²) in [6.45, 7) is 7.38. The van der Waals surface area contributed by atoms with Gasteiger partial charge in [-0.25, -0.2) is 0 Å². The predicted octanol–water partition coefficient (Wildman–Crippen LogP) is 4.24. The maximum Gasteiger partial charge on any atom is 0.0470 e. The lowest BCUT2D eigenvalue weighted by molar-refractivity contribution is 0.195. The zero-order chi connectivity index (χ0) is 14.1. The number of nitrogens with two attached hydrogens (primary N) is 1. The third kappa shape index (κ3) is 5.52. The molecule has 0 bridgehead atoms. The van der Waals surface area contributed by atoms with Gasteiger partial charge in [0.15, 0.2) is 0 Å². The molecule has 108 valence electrons. The fourth-order valence-electron chi connectivity index (χ4n) is 2.33. The summed E-state index contributed by atoms with van der Waals surface area (Å²) in [4.78, 5) is 2.52. The molecular weight excluding hydrogens is 256 g/mol. The molecule has 1 atom stereocenters. The van der Waals surface area contributed by atoms with Gasteiger partial charge in [0.05, 0.1) is 0 Å². The molecule has 1 aromatic rings. The molecule has 2 N–H and O–H groups in total. The Balaban J connectivity index is 2.78. The molecule has 0 amide bonds. The van der Waals surface area contributed by atoms with E-state index in [-0.39, 0.29) is 0 Å². The zero-order valence-corrected chi connectivity index (χ0v) is 13.0. The van der Waals surface area contributed by atoms with Crippen LogP contribution in [0.15, 0.2) is 24.3 Å². The Kier molecular flexibility index (Phi) is 8.11. The van der Waals surface area contributed by atoms with Gasteiger partial charge in [-0.15, -0.1) is 0 Å². The first-order valence-corrected chi connectivity index (χ1v) is 7.80. The van der Waals surface area contributed by atoms with Crippen LogP contribution in [0.3, 0.4) is 0 Å². The highest BCUT2D eigenvalue weighted by Crippen LogP contribution is 2.22. The summed E-state index contributed by atoms with van der Waals surface area (Å²) in [7, 11) is 0. The molecule has 0 aliphatic heterocycles. The Morgan fingerprint density at radius 2 is 1.58 bits per heavy atom. The van der Waals surface area contributed by atoms with Gasteiger partial charge in [-0.2, -0.15) is 0 Å². The first-order valence-electron chi connectivity index (χ1n) is 7.42. The Hall–Kier alpha value is -0.570. The highest BCUT2D eigenvalue weighted by molar-refractivity contribution is 6.30. The largest absolute Gasteiger partial charge is 0.329 e. The molecule has 1 rings (SSSR count). The maximum atomic E-state index is 6.01. The number of halogens is 1.